The first-order valence-corrected chi connectivity index (χ1v) is 15.8. The maximum absolute atomic E-state index is 12.5. The van der Waals surface area contributed by atoms with Crippen LogP contribution < -0.4 is 10.6 Å². The van der Waals surface area contributed by atoms with Crippen LogP contribution in [0.2, 0.25) is 0 Å². The number of hydrogen-bond acceptors (Lipinski definition) is 4. The van der Waals surface area contributed by atoms with Crippen molar-refractivity contribution in [2.75, 3.05) is 39.3 Å². The number of benzene rings is 2. The van der Waals surface area contributed by atoms with Gasteiger partial charge < -0.3 is 15.5 Å². The molecule has 0 bridgehead atoms. The highest BCUT2D eigenvalue weighted by Gasteiger charge is 2.26. The van der Waals surface area contributed by atoms with Crippen molar-refractivity contribution in [1.29, 1.82) is 0 Å². The number of likely N-dealkylation sites (tertiary alicyclic amines) is 1. The molecular formula is C30H40BrIN4O2. The van der Waals surface area contributed by atoms with Crippen LogP contribution in [0.1, 0.15) is 71.4 Å². The predicted molar refractivity (Wildman–Crippen MR) is 166 cm³/mol. The van der Waals surface area contributed by atoms with E-state index >= 15 is 0 Å². The maximum Gasteiger partial charge on any atom is 0.254 e. The molecule has 4 aliphatic heterocycles. The van der Waals surface area contributed by atoms with Crippen LogP contribution in [0.3, 0.4) is 0 Å². The van der Waals surface area contributed by atoms with E-state index in [2.05, 4.69) is 74.0 Å². The Balaban J connectivity index is 0.000000157. The summed E-state index contributed by atoms with van der Waals surface area (Å²) in [6.45, 7) is 10.5. The number of rotatable bonds is 3. The molecule has 0 unspecified atom stereocenters. The fourth-order valence-corrected chi connectivity index (χ4v) is 6.51. The fraction of sp³-hybridized carbons (Fsp3) is 0.533. The topological polar surface area (TPSA) is 64.7 Å². The average Bonchev–Trinajstić information content (AvgIpc) is 3.55. The second-order valence-electron chi connectivity index (χ2n) is 10.7. The molecule has 6 rings (SSSR count). The second kappa shape index (κ2) is 14.2. The van der Waals surface area contributed by atoms with Gasteiger partial charge in [-0.25, -0.2) is 0 Å². The van der Waals surface area contributed by atoms with Gasteiger partial charge >= 0.3 is 0 Å². The molecule has 4 aliphatic rings. The van der Waals surface area contributed by atoms with Crippen LogP contribution in [0.4, 0.5) is 0 Å². The Labute approximate surface area is 249 Å². The number of carbonyl (C=O) groups excluding carboxylic acids is 2. The third-order valence-corrected chi connectivity index (χ3v) is 9.05. The molecule has 2 atom stereocenters. The summed E-state index contributed by atoms with van der Waals surface area (Å²) in [5.74, 6) is 0.262. The third-order valence-electron chi connectivity index (χ3n) is 7.88. The van der Waals surface area contributed by atoms with E-state index in [1.807, 2.05) is 35.2 Å². The van der Waals surface area contributed by atoms with E-state index in [0.29, 0.717) is 6.04 Å². The number of amides is 2. The molecule has 2 amide bonds. The summed E-state index contributed by atoms with van der Waals surface area (Å²) in [7, 11) is 0. The number of carbonyl (C=O) groups is 2. The normalized spacial score (nSPS) is 22.5. The van der Waals surface area contributed by atoms with Crippen molar-refractivity contribution in [3.63, 3.8) is 0 Å². The molecule has 0 spiro atoms. The molecule has 206 valence electrons. The van der Waals surface area contributed by atoms with Crippen LogP contribution in [0.25, 0.3) is 0 Å². The van der Waals surface area contributed by atoms with Crippen molar-refractivity contribution in [2.45, 2.75) is 64.5 Å². The standard InChI is InChI=1S/C16H21IN2O.C9H8BrNO.C5H11N/c1-12-3-2-7-18(12)9-10-19-8-6-13-11-14(17)4-5-15(13)16(19)20;10-7-1-2-8-6(5-7)3-4-11-9(8)12;1-5-3-2-4-6-5/h4-5,11-12H,2-3,6-10H2,1H3;1-2,5H,3-4H2,(H,11,12);5-6H,2-4H2,1H3/t12-;;5-/m1.1/s1. The van der Waals surface area contributed by atoms with Crippen molar-refractivity contribution in [3.8, 4) is 0 Å². The van der Waals surface area contributed by atoms with Gasteiger partial charge in [0.2, 0.25) is 0 Å². The molecule has 38 heavy (non-hydrogen) atoms. The molecule has 6 nitrogen and oxygen atoms in total. The molecule has 2 aromatic carbocycles. The summed E-state index contributed by atoms with van der Waals surface area (Å²) in [6, 6.07) is 13.4. The number of halogens is 2. The van der Waals surface area contributed by atoms with Crippen molar-refractivity contribution in [2.24, 2.45) is 0 Å². The first-order chi connectivity index (χ1) is 18.3. The zero-order valence-corrected chi connectivity index (χ0v) is 26.3. The lowest BCUT2D eigenvalue weighted by Gasteiger charge is -2.31. The predicted octanol–water partition coefficient (Wildman–Crippen LogP) is 5.27. The van der Waals surface area contributed by atoms with Crippen LogP contribution in [-0.2, 0) is 12.8 Å². The zero-order chi connectivity index (χ0) is 27.1. The van der Waals surface area contributed by atoms with Crippen LogP contribution in [0.15, 0.2) is 40.9 Å². The molecule has 2 aromatic rings. The number of fused-ring (bicyclic) bond motifs is 2. The van der Waals surface area contributed by atoms with Crippen molar-refractivity contribution in [1.82, 2.24) is 20.4 Å². The number of nitrogens with one attached hydrogen (secondary N) is 2. The summed E-state index contributed by atoms with van der Waals surface area (Å²) in [5.41, 5.74) is 4.07. The van der Waals surface area contributed by atoms with E-state index in [9.17, 15) is 9.59 Å². The Morgan fingerprint density at radius 3 is 2.39 bits per heavy atom. The molecule has 0 saturated carbocycles. The largest absolute Gasteiger partial charge is 0.352 e. The van der Waals surface area contributed by atoms with Crippen molar-refractivity contribution >= 4 is 50.3 Å². The van der Waals surface area contributed by atoms with Gasteiger partial charge in [0.05, 0.1) is 0 Å². The van der Waals surface area contributed by atoms with E-state index in [0.717, 1.165) is 66.2 Å². The molecule has 8 heteroatoms. The van der Waals surface area contributed by atoms with E-state index < -0.39 is 0 Å². The van der Waals surface area contributed by atoms with Gasteiger partial charge in [-0.05, 0) is 136 Å². The average molecular weight is 695 g/mol. The van der Waals surface area contributed by atoms with E-state index in [1.165, 1.54) is 47.9 Å². The van der Waals surface area contributed by atoms with E-state index in [-0.39, 0.29) is 11.8 Å². The van der Waals surface area contributed by atoms with Crippen LogP contribution >= 0.6 is 38.5 Å². The highest BCUT2D eigenvalue weighted by Crippen LogP contribution is 2.22. The summed E-state index contributed by atoms with van der Waals surface area (Å²) >= 11 is 5.69. The van der Waals surface area contributed by atoms with E-state index in [1.54, 1.807) is 0 Å². The number of nitrogens with zero attached hydrogens (tertiary/aromatic N) is 2. The summed E-state index contributed by atoms with van der Waals surface area (Å²) in [5, 5.41) is 6.12. The Morgan fingerprint density at radius 1 is 0.921 bits per heavy atom. The molecule has 2 fully saturated rings. The summed E-state index contributed by atoms with van der Waals surface area (Å²) < 4.78 is 2.25. The summed E-state index contributed by atoms with van der Waals surface area (Å²) in [6.07, 6.45) is 7.28. The van der Waals surface area contributed by atoms with Gasteiger partial charge in [-0.1, -0.05) is 15.9 Å². The van der Waals surface area contributed by atoms with Gasteiger partial charge in [-0.2, -0.15) is 0 Å². The van der Waals surface area contributed by atoms with Crippen molar-refractivity contribution < 1.29 is 9.59 Å². The van der Waals surface area contributed by atoms with Crippen LogP contribution in [0, 0.1) is 3.57 Å². The zero-order valence-electron chi connectivity index (χ0n) is 22.6. The lowest BCUT2D eigenvalue weighted by Crippen LogP contribution is -2.43. The van der Waals surface area contributed by atoms with E-state index in [4.69, 9.17) is 0 Å². The Hall–Kier alpha value is -1.49. The Bertz CT molecular complexity index is 1120. The third kappa shape index (κ3) is 8.02. The van der Waals surface area contributed by atoms with Gasteiger partial charge in [-0.15, -0.1) is 0 Å². The van der Waals surface area contributed by atoms with Crippen LogP contribution in [-0.4, -0.2) is 73.0 Å². The second-order valence-corrected chi connectivity index (χ2v) is 12.8. The molecule has 2 saturated heterocycles. The first-order valence-electron chi connectivity index (χ1n) is 13.9. The van der Waals surface area contributed by atoms with Gasteiger partial charge in [0.15, 0.2) is 0 Å². The quantitative estimate of drug-likeness (QED) is 0.430. The lowest BCUT2D eigenvalue weighted by molar-refractivity contribution is 0.0716. The van der Waals surface area contributed by atoms with Crippen molar-refractivity contribution in [3.05, 3.63) is 66.7 Å². The molecule has 4 heterocycles. The minimum Gasteiger partial charge on any atom is -0.352 e. The maximum atomic E-state index is 12.5. The molecule has 0 aromatic heterocycles. The molecule has 2 N–H and O–H groups in total. The monoisotopic (exact) mass is 694 g/mol. The van der Waals surface area contributed by atoms with Gasteiger partial charge in [0.25, 0.3) is 11.8 Å². The van der Waals surface area contributed by atoms with Gasteiger partial charge in [-0.3, -0.25) is 14.5 Å². The number of hydrogen-bond donors (Lipinski definition) is 2. The highest BCUT2D eigenvalue weighted by molar-refractivity contribution is 14.1. The Kier molecular flexibility index (Phi) is 11.0. The lowest BCUT2D eigenvalue weighted by atomic mass is 9.99. The Morgan fingerprint density at radius 2 is 1.71 bits per heavy atom. The minimum atomic E-state index is 0.0451. The fourth-order valence-electron chi connectivity index (χ4n) is 5.55. The molecule has 0 radical (unpaired) electrons. The smallest absolute Gasteiger partial charge is 0.254 e. The SMILES string of the molecule is C[C@@H]1CCCN1.C[C@@H]1CCCN1CCN1CCc2cc(I)ccc2C1=O.O=C1NCCc2cc(Br)ccc21. The van der Waals surface area contributed by atoms with Gasteiger partial charge in [0.1, 0.15) is 0 Å². The highest BCUT2D eigenvalue weighted by atomic mass is 127. The first kappa shape index (κ1) is 29.5. The molecular weight excluding hydrogens is 655 g/mol. The van der Waals surface area contributed by atoms with Gasteiger partial charge in [0, 0.05) is 57.4 Å². The molecule has 0 aliphatic carbocycles. The summed E-state index contributed by atoms with van der Waals surface area (Å²) in [4.78, 5) is 28.3. The van der Waals surface area contributed by atoms with Crippen LogP contribution in [0.5, 0.6) is 0 Å². The minimum absolute atomic E-state index is 0.0451.